The van der Waals surface area contributed by atoms with E-state index in [2.05, 4.69) is 8.23 Å². The predicted molar refractivity (Wildman–Crippen MR) is 33.7 cm³/mol. The minimum absolute atomic E-state index is 0. The van der Waals surface area contributed by atoms with Crippen LogP contribution in [0.5, 0.6) is 0 Å². The summed E-state index contributed by atoms with van der Waals surface area (Å²) in [6.07, 6.45) is 0. The third-order valence-corrected chi connectivity index (χ3v) is 3.00. The second kappa shape index (κ2) is 12.7. The fourth-order valence-corrected chi connectivity index (χ4v) is 1.79. The van der Waals surface area contributed by atoms with Crippen molar-refractivity contribution in [3.8, 4) is 0 Å². The molecule has 0 saturated heterocycles. The van der Waals surface area contributed by atoms with Gasteiger partial charge in [-0.3, -0.25) is 0 Å². The van der Waals surface area contributed by atoms with Crippen molar-refractivity contribution in [2.75, 3.05) is 0 Å². The van der Waals surface area contributed by atoms with Gasteiger partial charge >= 0.3 is 73.6 Å². The first-order valence-corrected chi connectivity index (χ1v) is 5.51. The standard InChI is InChI=1S/2Mg.O7Si3.O/c;;1-8(2)6-10(5)7-9(3)4;/q2*+2;2*-2. The molecule has 0 aromatic carbocycles. The zero-order valence-corrected chi connectivity index (χ0v) is 12.0. The topological polar surface area (TPSA) is 144 Å². The molecule has 0 unspecified atom stereocenters. The Morgan fingerprint density at radius 2 is 1.08 bits per heavy atom. The summed E-state index contributed by atoms with van der Waals surface area (Å²) in [6.45, 7) is 0. The quantitative estimate of drug-likeness (QED) is 0.461. The van der Waals surface area contributed by atoms with E-state index in [0.717, 1.165) is 0 Å². The van der Waals surface area contributed by atoms with Crippen LogP contribution in [0.4, 0.5) is 0 Å². The second-order valence-electron chi connectivity index (χ2n) is 0.954. The van der Waals surface area contributed by atoms with Gasteiger partial charge in [-0.15, -0.1) is 0 Å². The maximum atomic E-state index is 10.1. The molecule has 0 aromatic heterocycles. The van der Waals surface area contributed by atoms with Gasteiger partial charge in [0.15, 0.2) is 0 Å². The molecule has 13 heavy (non-hydrogen) atoms. The molecule has 8 nitrogen and oxygen atoms in total. The Morgan fingerprint density at radius 1 is 0.846 bits per heavy atom. The molecule has 0 N–H and O–H groups in total. The maximum absolute atomic E-state index is 10.1. The molecule has 0 amide bonds. The Labute approximate surface area is 110 Å². The van der Waals surface area contributed by atoms with Crippen LogP contribution in [-0.2, 0) is 27.1 Å². The summed E-state index contributed by atoms with van der Waals surface area (Å²) < 4.78 is 36.2. The summed E-state index contributed by atoms with van der Waals surface area (Å²) >= 11 is 0. The normalized spacial score (nSPS) is 6.15. The van der Waals surface area contributed by atoms with Gasteiger partial charge in [0.2, 0.25) is 0 Å². The summed E-state index contributed by atoms with van der Waals surface area (Å²) in [4.78, 5) is 19.2. The SMILES string of the molecule is O=[Si]([O-])O[Si](=O)O[Si](=O)[O-].[Mg+2].[Mg+2].[O-2]. The largest absolute Gasteiger partial charge is 2.00 e. The van der Waals surface area contributed by atoms with Gasteiger partial charge in [0.05, 0.1) is 0 Å². The number of hydrogen-bond donors (Lipinski definition) is 0. The van der Waals surface area contributed by atoms with E-state index in [1.54, 1.807) is 0 Å². The molecule has 0 aromatic rings. The van der Waals surface area contributed by atoms with E-state index in [1.807, 2.05) is 0 Å². The molecular weight excluding hydrogens is 261 g/mol. The molecule has 0 aliphatic carbocycles. The van der Waals surface area contributed by atoms with Gasteiger partial charge < -0.3 is 36.7 Å². The van der Waals surface area contributed by atoms with E-state index in [-0.39, 0.29) is 51.6 Å². The van der Waals surface area contributed by atoms with Crippen LogP contribution >= 0.6 is 0 Å². The average molecular weight is 261 g/mol. The summed E-state index contributed by atoms with van der Waals surface area (Å²) in [5.41, 5.74) is 0. The molecule has 0 fully saturated rings. The molecule has 0 aliphatic heterocycles. The van der Waals surface area contributed by atoms with Crippen LogP contribution in [0, 0.1) is 0 Å². The summed E-state index contributed by atoms with van der Waals surface area (Å²) in [6, 6.07) is 0. The molecule has 0 spiro atoms. The van der Waals surface area contributed by atoms with Crippen molar-refractivity contribution in [2.24, 2.45) is 0 Å². The molecule has 0 aliphatic rings. The molecule has 64 valence electrons. The Bertz CT molecular complexity index is 160. The van der Waals surface area contributed by atoms with Gasteiger partial charge in [-0.1, -0.05) is 0 Å². The predicted octanol–water partition coefficient (Wildman–Crippen LogP) is -4.89. The monoisotopic (exact) mass is 260 g/mol. The first kappa shape index (κ1) is 23.5. The van der Waals surface area contributed by atoms with E-state index in [0.29, 0.717) is 0 Å². The average Bonchev–Trinajstić information content (AvgIpc) is 1.58. The fraction of sp³-hybridized carbons (Fsp3) is 0. The van der Waals surface area contributed by atoms with Crippen molar-refractivity contribution >= 4 is 73.6 Å². The summed E-state index contributed by atoms with van der Waals surface area (Å²) in [5.74, 6) is 0. The Kier molecular flexibility index (Phi) is 23.0. The van der Waals surface area contributed by atoms with Crippen molar-refractivity contribution in [3.63, 3.8) is 0 Å². The van der Waals surface area contributed by atoms with Gasteiger partial charge in [0, 0.05) is 0 Å². The van der Waals surface area contributed by atoms with E-state index in [1.165, 1.54) is 0 Å². The van der Waals surface area contributed by atoms with E-state index < -0.39 is 27.5 Å². The van der Waals surface area contributed by atoms with Crippen LogP contribution in [0.2, 0.25) is 0 Å². The maximum Gasteiger partial charge on any atom is 2.00 e. The van der Waals surface area contributed by atoms with E-state index >= 15 is 0 Å². The molecule has 13 heteroatoms. The van der Waals surface area contributed by atoms with Gasteiger partial charge in [-0.05, 0) is 0 Å². The van der Waals surface area contributed by atoms with Gasteiger partial charge in [-0.25, -0.2) is 0 Å². The third kappa shape index (κ3) is 19.2. The fourth-order valence-electron chi connectivity index (χ4n) is 0.157. The van der Waals surface area contributed by atoms with Crippen LogP contribution in [0.25, 0.3) is 0 Å². The van der Waals surface area contributed by atoms with Crippen molar-refractivity contribution in [3.05, 3.63) is 0 Å². The Morgan fingerprint density at radius 3 is 1.23 bits per heavy atom. The van der Waals surface area contributed by atoms with Crippen LogP contribution in [-0.4, -0.2) is 73.6 Å². The van der Waals surface area contributed by atoms with Crippen LogP contribution in [0.3, 0.4) is 0 Å². The number of hydrogen-bond acceptors (Lipinski definition) is 7. The van der Waals surface area contributed by atoms with Crippen molar-refractivity contribution in [1.82, 2.24) is 0 Å². The number of rotatable bonds is 4. The van der Waals surface area contributed by atoms with E-state index in [4.69, 9.17) is 0 Å². The summed E-state index contributed by atoms with van der Waals surface area (Å²) in [7, 11) is -10.7. The molecule has 0 heterocycles. The van der Waals surface area contributed by atoms with Crippen molar-refractivity contribution in [2.45, 2.75) is 0 Å². The van der Waals surface area contributed by atoms with Crippen LogP contribution in [0.15, 0.2) is 0 Å². The van der Waals surface area contributed by atoms with Gasteiger partial charge in [0.25, 0.3) is 0 Å². The molecule has 0 radical (unpaired) electrons. The second-order valence-corrected chi connectivity index (χ2v) is 4.09. The zero-order chi connectivity index (χ0) is 8.15. The molecule has 0 saturated carbocycles. The Balaban J connectivity index is -0.000000135. The Hall–Kier alpha value is 0.743. The minimum atomic E-state index is -3.63. The molecule has 0 rings (SSSR count). The van der Waals surface area contributed by atoms with Gasteiger partial charge in [0.1, 0.15) is 0 Å². The first-order valence-electron chi connectivity index (χ1n) is 1.84. The molecule has 0 bridgehead atoms. The smallest absolute Gasteiger partial charge is 2.00 e. The van der Waals surface area contributed by atoms with Crippen molar-refractivity contribution in [1.29, 1.82) is 0 Å². The zero-order valence-electron chi connectivity index (χ0n) is 6.18. The van der Waals surface area contributed by atoms with E-state index in [9.17, 15) is 23.0 Å². The van der Waals surface area contributed by atoms with Crippen LogP contribution in [0.1, 0.15) is 0 Å². The van der Waals surface area contributed by atoms with Crippen molar-refractivity contribution < 1.29 is 36.7 Å². The van der Waals surface area contributed by atoms with Gasteiger partial charge in [-0.2, -0.15) is 0 Å². The molecule has 0 atom stereocenters. The third-order valence-electron chi connectivity index (χ3n) is 0.333. The first-order chi connectivity index (χ1) is 4.52. The van der Waals surface area contributed by atoms with Crippen LogP contribution < -0.4 is 9.59 Å². The molecular formula is Mg2O8Si3. The summed E-state index contributed by atoms with van der Waals surface area (Å²) in [5, 5.41) is 0. The minimum Gasteiger partial charge on any atom is -2.00 e.